The molecule has 0 aliphatic rings. The zero-order valence-electron chi connectivity index (χ0n) is 10.7. The molecule has 1 aromatic rings. The van der Waals surface area contributed by atoms with Crippen LogP contribution in [-0.4, -0.2) is 27.6 Å². The van der Waals surface area contributed by atoms with Gasteiger partial charge in [0.05, 0.1) is 0 Å². The quantitative estimate of drug-likeness (QED) is 0.628. The number of H-pyrrole nitrogens is 1. The molecule has 1 aromatic heterocycles. The SMILES string of the molecule is CC(C)(C)OC(=O)C(N)Cc1cnc(N)[nH]c1=O. The Morgan fingerprint density at radius 3 is 2.67 bits per heavy atom. The van der Waals surface area contributed by atoms with Gasteiger partial charge in [0, 0.05) is 18.2 Å². The van der Waals surface area contributed by atoms with Crippen molar-refractivity contribution in [2.24, 2.45) is 5.73 Å². The smallest absolute Gasteiger partial charge is 0.323 e. The Bertz CT molecular complexity index is 490. The minimum absolute atomic E-state index is 0.0228. The molecule has 0 aromatic carbocycles. The molecule has 0 aliphatic heterocycles. The van der Waals surface area contributed by atoms with E-state index in [1.54, 1.807) is 20.8 Å². The normalized spacial score (nSPS) is 13.1. The first-order valence-corrected chi connectivity index (χ1v) is 5.51. The van der Waals surface area contributed by atoms with Gasteiger partial charge in [-0.1, -0.05) is 0 Å². The summed E-state index contributed by atoms with van der Waals surface area (Å²) in [7, 11) is 0. The number of nitrogen functional groups attached to an aromatic ring is 1. The Hall–Kier alpha value is -1.89. The van der Waals surface area contributed by atoms with E-state index in [1.165, 1.54) is 6.20 Å². The number of carbonyl (C=O) groups excluding carboxylic acids is 1. The third-order valence-electron chi connectivity index (χ3n) is 2.04. The van der Waals surface area contributed by atoms with Gasteiger partial charge in [0.15, 0.2) is 5.95 Å². The molecule has 1 heterocycles. The lowest BCUT2D eigenvalue weighted by Gasteiger charge is -2.22. The van der Waals surface area contributed by atoms with Crippen molar-refractivity contribution in [3.05, 3.63) is 22.1 Å². The summed E-state index contributed by atoms with van der Waals surface area (Å²) in [6.45, 7) is 5.24. The second-order valence-electron chi connectivity index (χ2n) is 4.97. The van der Waals surface area contributed by atoms with Gasteiger partial charge in [-0.3, -0.25) is 14.6 Å². The summed E-state index contributed by atoms with van der Waals surface area (Å²) in [6, 6.07) is -0.907. The van der Waals surface area contributed by atoms with Crippen molar-refractivity contribution in [2.75, 3.05) is 5.73 Å². The van der Waals surface area contributed by atoms with Crippen LogP contribution in [0.3, 0.4) is 0 Å². The van der Waals surface area contributed by atoms with Crippen LogP contribution in [-0.2, 0) is 16.0 Å². The first-order valence-electron chi connectivity index (χ1n) is 5.51. The van der Waals surface area contributed by atoms with Crippen molar-refractivity contribution in [3.63, 3.8) is 0 Å². The molecule has 7 nitrogen and oxygen atoms in total. The summed E-state index contributed by atoms with van der Waals surface area (Å²) in [4.78, 5) is 29.2. The molecule has 18 heavy (non-hydrogen) atoms. The number of aromatic amines is 1. The van der Waals surface area contributed by atoms with Gasteiger partial charge < -0.3 is 16.2 Å². The van der Waals surface area contributed by atoms with Crippen molar-refractivity contribution in [1.29, 1.82) is 0 Å². The maximum atomic E-state index is 11.6. The zero-order chi connectivity index (χ0) is 13.9. The number of nitrogens with zero attached hydrogens (tertiary/aromatic N) is 1. The van der Waals surface area contributed by atoms with Crippen LogP contribution in [0.4, 0.5) is 5.95 Å². The third kappa shape index (κ3) is 4.17. The predicted molar refractivity (Wildman–Crippen MR) is 66.8 cm³/mol. The maximum absolute atomic E-state index is 11.6. The van der Waals surface area contributed by atoms with Gasteiger partial charge >= 0.3 is 5.97 Å². The summed E-state index contributed by atoms with van der Waals surface area (Å²) in [6.07, 6.45) is 1.36. The molecule has 100 valence electrons. The summed E-state index contributed by atoms with van der Waals surface area (Å²) >= 11 is 0. The largest absolute Gasteiger partial charge is 0.459 e. The van der Waals surface area contributed by atoms with Crippen molar-refractivity contribution < 1.29 is 9.53 Å². The number of hydrogen-bond donors (Lipinski definition) is 3. The van der Waals surface area contributed by atoms with Gasteiger partial charge in [-0.15, -0.1) is 0 Å². The van der Waals surface area contributed by atoms with Crippen LogP contribution in [0, 0.1) is 0 Å². The van der Waals surface area contributed by atoms with Gasteiger partial charge in [0.2, 0.25) is 0 Å². The van der Waals surface area contributed by atoms with E-state index in [-0.39, 0.29) is 12.4 Å². The van der Waals surface area contributed by atoms with Gasteiger partial charge in [0.25, 0.3) is 5.56 Å². The minimum Gasteiger partial charge on any atom is -0.459 e. The molecule has 0 saturated heterocycles. The van der Waals surface area contributed by atoms with Gasteiger partial charge in [-0.2, -0.15) is 0 Å². The van der Waals surface area contributed by atoms with E-state index in [0.29, 0.717) is 5.56 Å². The highest BCUT2D eigenvalue weighted by molar-refractivity contribution is 5.76. The standard InChI is InChI=1S/C11H18N4O3/c1-11(2,3)18-9(17)7(12)4-6-5-14-10(13)15-8(6)16/h5,7H,4,12H2,1-3H3,(H3,13,14,15,16). The molecule has 5 N–H and O–H groups in total. The Morgan fingerprint density at radius 2 is 2.17 bits per heavy atom. The van der Waals surface area contributed by atoms with Gasteiger partial charge in [0.1, 0.15) is 11.6 Å². The van der Waals surface area contributed by atoms with E-state index in [2.05, 4.69) is 9.97 Å². The van der Waals surface area contributed by atoms with E-state index in [4.69, 9.17) is 16.2 Å². The predicted octanol–water partition coefficient (Wildman–Crippen LogP) is -0.436. The molecule has 0 fully saturated rings. The highest BCUT2D eigenvalue weighted by atomic mass is 16.6. The Morgan fingerprint density at radius 1 is 1.56 bits per heavy atom. The number of esters is 1. The lowest BCUT2D eigenvalue weighted by Crippen LogP contribution is -2.40. The van der Waals surface area contributed by atoms with E-state index >= 15 is 0 Å². The fourth-order valence-electron chi connectivity index (χ4n) is 1.28. The number of anilines is 1. The number of nitrogens with two attached hydrogens (primary N) is 2. The lowest BCUT2D eigenvalue weighted by atomic mass is 10.1. The molecular formula is C11H18N4O3. The van der Waals surface area contributed by atoms with E-state index in [1.807, 2.05) is 0 Å². The van der Waals surface area contributed by atoms with Crippen LogP contribution >= 0.6 is 0 Å². The monoisotopic (exact) mass is 254 g/mol. The second kappa shape index (κ2) is 5.18. The molecular weight excluding hydrogens is 236 g/mol. The summed E-state index contributed by atoms with van der Waals surface area (Å²) in [5.41, 5.74) is 10.3. The second-order valence-corrected chi connectivity index (χ2v) is 4.97. The highest BCUT2D eigenvalue weighted by Crippen LogP contribution is 2.09. The lowest BCUT2D eigenvalue weighted by molar-refractivity contribution is -0.156. The van der Waals surface area contributed by atoms with Crippen molar-refractivity contribution >= 4 is 11.9 Å². The molecule has 0 aliphatic carbocycles. The van der Waals surface area contributed by atoms with E-state index < -0.39 is 23.2 Å². The highest BCUT2D eigenvalue weighted by Gasteiger charge is 2.23. The van der Waals surface area contributed by atoms with Crippen LogP contribution < -0.4 is 17.0 Å². The van der Waals surface area contributed by atoms with Crippen LogP contribution in [0.5, 0.6) is 0 Å². The fraction of sp³-hybridized carbons (Fsp3) is 0.545. The number of carbonyl (C=O) groups is 1. The van der Waals surface area contributed by atoms with Crippen molar-refractivity contribution in [2.45, 2.75) is 38.8 Å². The first kappa shape index (κ1) is 14.2. The molecule has 0 radical (unpaired) electrons. The topological polar surface area (TPSA) is 124 Å². The van der Waals surface area contributed by atoms with Gasteiger partial charge in [-0.05, 0) is 20.8 Å². The number of ether oxygens (including phenoxy) is 1. The molecule has 0 bridgehead atoms. The number of hydrogen-bond acceptors (Lipinski definition) is 6. The minimum atomic E-state index is -0.907. The van der Waals surface area contributed by atoms with E-state index in [0.717, 1.165) is 0 Å². The Balaban J connectivity index is 2.73. The van der Waals surface area contributed by atoms with Crippen LogP contribution in [0.2, 0.25) is 0 Å². The summed E-state index contributed by atoms with van der Waals surface area (Å²) in [5, 5.41) is 0. The molecule has 1 atom stereocenters. The fourth-order valence-corrected chi connectivity index (χ4v) is 1.28. The Labute approximate surface area is 105 Å². The third-order valence-corrected chi connectivity index (χ3v) is 2.04. The summed E-state index contributed by atoms with van der Waals surface area (Å²) < 4.78 is 5.11. The number of rotatable bonds is 3. The van der Waals surface area contributed by atoms with E-state index in [9.17, 15) is 9.59 Å². The average Bonchev–Trinajstić information content (AvgIpc) is 2.19. The van der Waals surface area contributed by atoms with Crippen LogP contribution in [0.25, 0.3) is 0 Å². The van der Waals surface area contributed by atoms with Crippen molar-refractivity contribution in [3.8, 4) is 0 Å². The molecule has 7 heteroatoms. The molecule has 1 unspecified atom stereocenters. The van der Waals surface area contributed by atoms with Crippen LogP contribution in [0.1, 0.15) is 26.3 Å². The molecule has 0 spiro atoms. The summed E-state index contributed by atoms with van der Waals surface area (Å²) in [5.74, 6) is -0.534. The zero-order valence-corrected chi connectivity index (χ0v) is 10.7. The molecule has 1 rings (SSSR count). The average molecular weight is 254 g/mol. The van der Waals surface area contributed by atoms with Crippen LogP contribution in [0.15, 0.2) is 11.0 Å². The van der Waals surface area contributed by atoms with Gasteiger partial charge in [-0.25, -0.2) is 4.98 Å². The molecule has 0 amide bonds. The molecule has 0 saturated carbocycles. The maximum Gasteiger partial charge on any atom is 0.323 e. The van der Waals surface area contributed by atoms with Crippen molar-refractivity contribution in [1.82, 2.24) is 9.97 Å². The first-order chi connectivity index (χ1) is 8.19. The number of nitrogens with one attached hydrogen (secondary N) is 1. The Kier molecular flexibility index (Phi) is 4.07. The number of aromatic nitrogens is 2.